The Morgan fingerprint density at radius 1 is 1.63 bits per heavy atom. The van der Waals surface area contributed by atoms with Gasteiger partial charge in [-0.05, 0) is 31.7 Å². The Hall–Kier alpha value is -1.56. The van der Waals surface area contributed by atoms with Crippen LogP contribution in [0.25, 0.3) is 0 Å². The van der Waals surface area contributed by atoms with Crippen LogP contribution in [0.15, 0.2) is 12.4 Å². The van der Waals surface area contributed by atoms with Gasteiger partial charge in [-0.15, -0.1) is 0 Å². The van der Waals surface area contributed by atoms with Gasteiger partial charge in [-0.25, -0.2) is 4.79 Å². The Balaban J connectivity index is 2.12. The molecule has 1 aromatic heterocycles. The zero-order chi connectivity index (χ0) is 14.3. The number of amides is 2. The van der Waals surface area contributed by atoms with Crippen LogP contribution in [0.4, 0.5) is 4.79 Å². The summed E-state index contributed by atoms with van der Waals surface area (Å²) in [6.07, 6.45) is 5.85. The van der Waals surface area contributed by atoms with E-state index in [1.165, 1.54) is 5.56 Å². The summed E-state index contributed by atoms with van der Waals surface area (Å²) >= 11 is 0. The molecule has 1 unspecified atom stereocenters. The highest BCUT2D eigenvalue weighted by Crippen LogP contribution is 2.00. The highest BCUT2D eigenvalue weighted by atomic mass is 16.3. The van der Waals surface area contributed by atoms with E-state index in [2.05, 4.69) is 10.4 Å². The van der Waals surface area contributed by atoms with E-state index in [1.54, 1.807) is 23.6 Å². The Morgan fingerprint density at radius 3 is 2.95 bits per heavy atom. The number of aromatic nitrogens is 2. The van der Waals surface area contributed by atoms with Gasteiger partial charge in [0.15, 0.2) is 0 Å². The van der Waals surface area contributed by atoms with Gasteiger partial charge in [0.25, 0.3) is 0 Å². The van der Waals surface area contributed by atoms with E-state index in [-0.39, 0.29) is 12.1 Å². The standard InChI is InChI=1S/C13H24N4O2/c1-11(18)6-8-16(2)13(19)14-7-4-5-12-9-15-17(3)10-12/h9-11,18H,4-8H2,1-3H3,(H,14,19). The molecule has 0 aliphatic rings. The van der Waals surface area contributed by atoms with Crippen LogP contribution in [0.5, 0.6) is 0 Å². The molecule has 0 saturated carbocycles. The van der Waals surface area contributed by atoms with E-state index in [9.17, 15) is 4.79 Å². The van der Waals surface area contributed by atoms with Crippen molar-refractivity contribution < 1.29 is 9.90 Å². The van der Waals surface area contributed by atoms with Crippen LogP contribution < -0.4 is 5.32 Å². The third kappa shape index (κ3) is 6.24. The number of nitrogens with zero attached hydrogens (tertiary/aromatic N) is 3. The molecule has 0 saturated heterocycles. The third-order valence-corrected chi connectivity index (χ3v) is 2.91. The van der Waals surface area contributed by atoms with Gasteiger partial charge >= 0.3 is 6.03 Å². The largest absolute Gasteiger partial charge is 0.393 e. The summed E-state index contributed by atoms with van der Waals surface area (Å²) < 4.78 is 1.78. The van der Waals surface area contributed by atoms with Crippen LogP contribution in [0.2, 0.25) is 0 Å². The maximum absolute atomic E-state index is 11.7. The lowest BCUT2D eigenvalue weighted by molar-refractivity contribution is 0.163. The lowest BCUT2D eigenvalue weighted by Crippen LogP contribution is -2.39. The number of urea groups is 1. The molecule has 0 aromatic carbocycles. The summed E-state index contributed by atoms with van der Waals surface area (Å²) in [5.41, 5.74) is 1.18. The molecular formula is C13H24N4O2. The predicted molar refractivity (Wildman–Crippen MR) is 73.9 cm³/mol. The molecule has 2 N–H and O–H groups in total. The molecular weight excluding hydrogens is 244 g/mol. The summed E-state index contributed by atoms with van der Waals surface area (Å²) in [4.78, 5) is 13.3. The molecule has 6 nitrogen and oxygen atoms in total. The molecule has 0 aliphatic carbocycles. The van der Waals surface area contributed by atoms with Crippen molar-refractivity contribution in [3.05, 3.63) is 18.0 Å². The van der Waals surface area contributed by atoms with Crippen molar-refractivity contribution in [1.29, 1.82) is 0 Å². The number of nitrogens with one attached hydrogen (secondary N) is 1. The topological polar surface area (TPSA) is 70.4 Å². The Morgan fingerprint density at radius 2 is 2.37 bits per heavy atom. The summed E-state index contributed by atoms with van der Waals surface area (Å²) in [5.74, 6) is 0. The molecule has 0 radical (unpaired) electrons. The molecule has 0 aliphatic heterocycles. The molecule has 0 spiro atoms. The smallest absolute Gasteiger partial charge is 0.317 e. The fourth-order valence-corrected chi connectivity index (χ4v) is 1.71. The lowest BCUT2D eigenvalue weighted by atomic mass is 10.2. The molecule has 0 fully saturated rings. The predicted octanol–water partition coefficient (Wildman–Crippen LogP) is 0.765. The van der Waals surface area contributed by atoms with E-state index in [1.807, 2.05) is 19.4 Å². The number of rotatable bonds is 7. The lowest BCUT2D eigenvalue weighted by Gasteiger charge is -2.18. The SMILES string of the molecule is CC(O)CCN(C)C(=O)NCCCc1cnn(C)c1. The van der Waals surface area contributed by atoms with Gasteiger partial charge in [0.2, 0.25) is 0 Å². The maximum Gasteiger partial charge on any atom is 0.317 e. The molecule has 1 rings (SSSR count). The second kappa shape index (κ2) is 7.78. The van der Waals surface area contributed by atoms with Crippen molar-refractivity contribution >= 4 is 6.03 Å². The monoisotopic (exact) mass is 268 g/mol. The average molecular weight is 268 g/mol. The first-order chi connectivity index (χ1) is 8.99. The van der Waals surface area contributed by atoms with Crippen molar-refractivity contribution in [2.75, 3.05) is 20.1 Å². The van der Waals surface area contributed by atoms with Gasteiger partial charge in [0.1, 0.15) is 0 Å². The number of hydrogen-bond donors (Lipinski definition) is 2. The number of aliphatic hydroxyl groups is 1. The van der Waals surface area contributed by atoms with E-state index in [0.717, 1.165) is 12.8 Å². The summed E-state index contributed by atoms with van der Waals surface area (Å²) in [6, 6.07) is -0.0909. The molecule has 6 heteroatoms. The summed E-state index contributed by atoms with van der Waals surface area (Å²) in [7, 11) is 3.63. The third-order valence-electron chi connectivity index (χ3n) is 2.91. The number of carbonyl (C=O) groups excluding carboxylic acids is 1. The van der Waals surface area contributed by atoms with Crippen LogP contribution in [0.1, 0.15) is 25.3 Å². The second-order valence-electron chi connectivity index (χ2n) is 4.92. The van der Waals surface area contributed by atoms with Crippen molar-refractivity contribution in [3.8, 4) is 0 Å². The minimum absolute atomic E-state index is 0.0909. The first-order valence-corrected chi connectivity index (χ1v) is 6.63. The number of hydrogen-bond acceptors (Lipinski definition) is 3. The molecule has 108 valence electrons. The van der Waals surface area contributed by atoms with Crippen molar-refractivity contribution in [2.45, 2.75) is 32.3 Å². The van der Waals surface area contributed by atoms with Crippen LogP contribution in [0, 0.1) is 0 Å². The van der Waals surface area contributed by atoms with Gasteiger partial charge < -0.3 is 15.3 Å². The first kappa shape index (κ1) is 15.5. The summed E-state index contributed by atoms with van der Waals surface area (Å²) in [5, 5.41) is 16.1. The van der Waals surface area contributed by atoms with Crippen LogP contribution in [-0.2, 0) is 13.5 Å². The second-order valence-corrected chi connectivity index (χ2v) is 4.92. The number of carbonyl (C=O) groups is 1. The van der Waals surface area contributed by atoms with Gasteiger partial charge in [-0.2, -0.15) is 5.10 Å². The van der Waals surface area contributed by atoms with Gasteiger partial charge in [-0.1, -0.05) is 0 Å². The van der Waals surface area contributed by atoms with E-state index in [4.69, 9.17) is 5.11 Å². The first-order valence-electron chi connectivity index (χ1n) is 6.63. The fraction of sp³-hybridized carbons (Fsp3) is 0.692. The zero-order valence-electron chi connectivity index (χ0n) is 12.0. The quantitative estimate of drug-likeness (QED) is 0.717. The van der Waals surface area contributed by atoms with Gasteiger partial charge in [0.05, 0.1) is 12.3 Å². The Labute approximate surface area is 114 Å². The van der Waals surface area contributed by atoms with E-state index in [0.29, 0.717) is 19.5 Å². The van der Waals surface area contributed by atoms with Crippen molar-refractivity contribution in [2.24, 2.45) is 7.05 Å². The van der Waals surface area contributed by atoms with Gasteiger partial charge in [0, 0.05) is 33.4 Å². The Kier molecular flexibility index (Phi) is 6.35. The average Bonchev–Trinajstić information content (AvgIpc) is 2.77. The molecule has 1 atom stereocenters. The number of aliphatic hydroxyl groups excluding tert-OH is 1. The number of aryl methyl sites for hydroxylation is 2. The zero-order valence-corrected chi connectivity index (χ0v) is 12.0. The minimum atomic E-state index is -0.374. The minimum Gasteiger partial charge on any atom is -0.393 e. The highest BCUT2D eigenvalue weighted by Gasteiger charge is 2.08. The maximum atomic E-state index is 11.7. The van der Waals surface area contributed by atoms with Crippen LogP contribution in [-0.4, -0.2) is 52.1 Å². The Bertz CT molecular complexity index is 390. The summed E-state index contributed by atoms with van der Waals surface area (Å²) in [6.45, 7) is 2.93. The van der Waals surface area contributed by atoms with E-state index >= 15 is 0 Å². The normalized spacial score (nSPS) is 12.2. The molecule has 1 heterocycles. The highest BCUT2D eigenvalue weighted by molar-refractivity contribution is 5.73. The molecule has 1 aromatic rings. The van der Waals surface area contributed by atoms with Crippen LogP contribution >= 0.6 is 0 Å². The van der Waals surface area contributed by atoms with Crippen molar-refractivity contribution in [3.63, 3.8) is 0 Å². The molecule has 2 amide bonds. The van der Waals surface area contributed by atoms with Gasteiger partial charge in [-0.3, -0.25) is 4.68 Å². The molecule has 0 bridgehead atoms. The van der Waals surface area contributed by atoms with Crippen LogP contribution in [0.3, 0.4) is 0 Å². The molecule has 19 heavy (non-hydrogen) atoms. The van der Waals surface area contributed by atoms with Crippen molar-refractivity contribution in [1.82, 2.24) is 20.0 Å². The fourth-order valence-electron chi connectivity index (χ4n) is 1.71. The van der Waals surface area contributed by atoms with E-state index < -0.39 is 0 Å².